The molecule has 170 valence electrons. The van der Waals surface area contributed by atoms with Gasteiger partial charge in [0.15, 0.2) is 0 Å². The second-order valence-corrected chi connectivity index (χ2v) is 8.24. The largest absolute Gasteiger partial charge is 0.345 e. The molecule has 0 heterocycles. The highest BCUT2D eigenvalue weighted by Gasteiger charge is 2.14. The van der Waals surface area contributed by atoms with Crippen molar-refractivity contribution in [2.45, 2.75) is 6.54 Å². The van der Waals surface area contributed by atoms with E-state index in [1.165, 1.54) is 23.1 Å². The maximum Gasteiger partial charge on any atom is 0.253 e. The van der Waals surface area contributed by atoms with E-state index in [1.54, 1.807) is 7.05 Å². The van der Waals surface area contributed by atoms with Gasteiger partial charge in [-0.25, -0.2) is 0 Å². The lowest BCUT2D eigenvalue weighted by molar-refractivity contribution is -0.132. The Hall–Kier alpha value is -3.35. The van der Waals surface area contributed by atoms with Crippen molar-refractivity contribution in [3.8, 4) is 11.1 Å². The van der Waals surface area contributed by atoms with E-state index in [1.807, 2.05) is 54.6 Å². The monoisotopic (exact) mass is 483 g/mol. The molecule has 3 amide bonds. The Bertz CT molecular complexity index is 1140. The highest BCUT2D eigenvalue weighted by molar-refractivity contribution is 6.36. The Labute approximate surface area is 202 Å². The van der Waals surface area contributed by atoms with Crippen molar-refractivity contribution in [2.24, 2.45) is 0 Å². The lowest BCUT2D eigenvalue weighted by atomic mass is 10.0. The van der Waals surface area contributed by atoms with Gasteiger partial charge in [-0.1, -0.05) is 77.8 Å². The van der Waals surface area contributed by atoms with Crippen LogP contribution in [0.5, 0.6) is 0 Å². The molecule has 0 saturated carbocycles. The quantitative estimate of drug-likeness (QED) is 0.504. The summed E-state index contributed by atoms with van der Waals surface area (Å²) in [5.74, 6) is -1.24. The van der Waals surface area contributed by atoms with Crippen LogP contribution < -0.4 is 10.6 Å². The van der Waals surface area contributed by atoms with Crippen LogP contribution in [0.3, 0.4) is 0 Å². The normalized spacial score (nSPS) is 10.4. The molecule has 0 fully saturated rings. The van der Waals surface area contributed by atoms with Crippen LogP contribution in [0.2, 0.25) is 10.0 Å². The van der Waals surface area contributed by atoms with Crippen LogP contribution in [-0.4, -0.2) is 42.8 Å². The Kier molecular flexibility index (Phi) is 8.46. The van der Waals surface area contributed by atoms with Crippen LogP contribution >= 0.6 is 23.2 Å². The number of nitrogens with one attached hydrogen (secondary N) is 2. The standard InChI is InChI=1S/C25H23Cl2N3O3/c1-30(16-17-7-9-19(10-8-17)18-5-3-2-4-6-18)24(32)15-28-23(31)14-29-25(33)21-12-11-20(26)13-22(21)27/h2-13H,14-16H2,1H3,(H,28,31)(H,29,33). The van der Waals surface area contributed by atoms with Gasteiger partial charge in [-0.3, -0.25) is 14.4 Å². The zero-order valence-electron chi connectivity index (χ0n) is 18.0. The fraction of sp³-hybridized carbons (Fsp3) is 0.160. The summed E-state index contributed by atoms with van der Waals surface area (Å²) in [4.78, 5) is 38.1. The van der Waals surface area contributed by atoms with E-state index >= 15 is 0 Å². The molecule has 3 aromatic carbocycles. The van der Waals surface area contributed by atoms with Crippen LogP contribution in [0, 0.1) is 0 Å². The molecule has 3 aromatic rings. The number of hydrogen-bond donors (Lipinski definition) is 2. The number of benzene rings is 3. The second-order valence-electron chi connectivity index (χ2n) is 7.40. The molecule has 0 spiro atoms. The predicted molar refractivity (Wildman–Crippen MR) is 130 cm³/mol. The molecule has 0 aliphatic heterocycles. The summed E-state index contributed by atoms with van der Waals surface area (Å²) in [6, 6.07) is 22.5. The lowest BCUT2D eigenvalue weighted by Crippen LogP contribution is -2.42. The average molecular weight is 484 g/mol. The van der Waals surface area contributed by atoms with Gasteiger partial charge in [0.25, 0.3) is 5.91 Å². The molecule has 33 heavy (non-hydrogen) atoms. The Morgan fingerprint density at radius 2 is 1.48 bits per heavy atom. The third kappa shape index (κ3) is 7.07. The summed E-state index contributed by atoms with van der Waals surface area (Å²) in [6.07, 6.45) is 0. The lowest BCUT2D eigenvalue weighted by Gasteiger charge is -2.18. The molecule has 3 rings (SSSR count). The molecule has 2 N–H and O–H groups in total. The molecular weight excluding hydrogens is 461 g/mol. The van der Waals surface area contributed by atoms with Gasteiger partial charge in [0.1, 0.15) is 0 Å². The minimum atomic E-state index is -0.505. The van der Waals surface area contributed by atoms with E-state index in [4.69, 9.17) is 23.2 Å². The number of carbonyl (C=O) groups is 3. The molecule has 6 nitrogen and oxygen atoms in total. The number of amides is 3. The Morgan fingerprint density at radius 1 is 0.818 bits per heavy atom. The van der Waals surface area contributed by atoms with Crippen molar-refractivity contribution in [2.75, 3.05) is 20.1 Å². The first kappa shape index (κ1) is 24.3. The number of likely N-dealkylation sites (N-methyl/N-ethyl adjacent to an activating group) is 1. The molecule has 8 heteroatoms. The summed E-state index contributed by atoms with van der Waals surface area (Å²) < 4.78 is 0. The van der Waals surface area contributed by atoms with E-state index < -0.39 is 11.8 Å². The number of hydrogen-bond acceptors (Lipinski definition) is 3. The molecule has 0 aliphatic carbocycles. The summed E-state index contributed by atoms with van der Waals surface area (Å²) in [7, 11) is 1.67. The van der Waals surface area contributed by atoms with Crippen LogP contribution in [0.15, 0.2) is 72.8 Å². The van der Waals surface area contributed by atoms with Gasteiger partial charge in [0.2, 0.25) is 11.8 Å². The molecule has 0 radical (unpaired) electrons. The van der Waals surface area contributed by atoms with Crippen molar-refractivity contribution >= 4 is 40.9 Å². The summed E-state index contributed by atoms with van der Waals surface area (Å²) in [5, 5.41) is 5.57. The van der Waals surface area contributed by atoms with E-state index in [0.717, 1.165) is 16.7 Å². The first-order chi connectivity index (χ1) is 15.8. The van der Waals surface area contributed by atoms with Gasteiger partial charge in [-0.15, -0.1) is 0 Å². The molecule has 0 bridgehead atoms. The number of halogens is 2. The van der Waals surface area contributed by atoms with Crippen LogP contribution in [-0.2, 0) is 16.1 Å². The van der Waals surface area contributed by atoms with Crippen LogP contribution in [0.25, 0.3) is 11.1 Å². The van der Waals surface area contributed by atoms with Crippen LogP contribution in [0.1, 0.15) is 15.9 Å². The number of nitrogens with zero attached hydrogens (tertiary/aromatic N) is 1. The average Bonchev–Trinajstić information content (AvgIpc) is 2.82. The van der Waals surface area contributed by atoms with E-state index in [0.29, 0.717) is 11.6 Å². The molecular formula is C25H23Cl2N3O3. The van der Waals surface area contributed by atoms with Gasteiger partial charge < -0.3 is 15.5 Å². The smallest absolute Gasteiger partial charge is 0.253 e. The van der Waals surface area contributed by atoms with Gasteiger partial charge in [0, 0.05) is 18.6 Å². The van der Waals surface area contributed by atoms with Gasteiger partial charge in [-0.05, 0) is 34.9 Å². The topological polar surface area (TPSA) is 78.5 Å². The fourth-order valence-electron chi connectivity index (χ4n) is 3.10. The van der Waals surface area contributed by atoms with E-state index in [9.17, 15) is 14.4 Å². The summed E-state index contributed by atoms with van der Waals surface area (Å²) in [6.45, 7) is -0.0414. The van der Waals surface area contributed by atoms with Crippen molar-refractivity contribution in [3.63, 3.8) is 0 Å². The zero-order chi connectivity index (χ0) is 23.8. The van der Waals surface area contributed by atoms with Crippen molar-refractivity contribution < 1.29 is 14.4 Å². The highest BCUT2D eigenvalue weighted by Crippen LogP contribution is 2.21. The molecule has 0 aliphatic rings. The van der Waals surface area contributed by atoms with E-state index in [2.05, 4.69) is 10.6 Å². The molecule has 0 saturated heterocycles. The molecule has 0 aromatic heterocycles. The maximum absolute atomic E-state index is 12.4. The van der Waals surface area contributed by atoms with Crippen LogP contribution in [0.4, 0.5) is 0 Å². The highest BCUT2D eigenvalue weighted by atomic mass is 35.5. The first-order valence-electron chi connectivity index (χ1n) is 10.2. The first-order valence-corrected chi connectivity index (χ1v) is 11.0. The second kappa shape index (κ2) is 11.5. The van der Waals surface area contributed by atoms with Gasteiger partial charge >= 0.3 is 0 Å². The van der Waals surface area contributed by atoms with E-state index in [-0.39, 0.29) is 29.6 Å². The molecule has 0 unspecified atom stereocenters. The molecule has 0 atom stereocenters. The van der Waals surface area contributed by atoms with Crippen molar-refractivity contribution in [1.29, 1.82) is 0 Å². The SMILES string of the molecule is CN(Cc1ccc(-c2ccccc2)cc1)C(=O)CNC(=O)CNC(=O)c1ccc(Cl)cc1Cl. The van der Waals surface area contributed by atoms with Gasteiger partial charge in [0.05, 0.1) is 23.7 Å². The Morgan fingerprint density at radius 3 is 2.15 bits per heavy atom. The zero-order valence-corrected chi connectivity index (χ0v) is 19.5. The fourth-order valence-corrected chi connectivity index (χ4v) is 3.59. The minimum absolute atomic E-state index is 0.172. The number of rotatable bonds is 8. The summed E-state index contributed by atoms with van der Waals surface area (Å²) in [5.41, 5.74) is 3.41. The maximum atomic E-state index is 12.4. The predicted octanol–water partition coefficient (Wildman–Crippen LogP) is 4.17. The minimum Gasteiger partial charge on any atom is -0.345 e. The van der Waals surface area contributed by atoms with Gasteiger partial charge in [-0.2, -0.15) is 0 Å². The summed E-state index contributed by atoms with van der Waals surface area (Å²) >= 11 is 11.8. The number of carbonyl (C=O) groups excluding carboxylic acids is 3. The third-order valence-electron chi connectivity index (χ3n) is 4.93. The Balaban J connectivity index is 1.43. The van der Waals surface area contributed by atoms with Crippen molar-refractivity contribution in [1.82, 2.24) is 15.5 Å². The van der Waals surface area contributed by atoms with Crippen molar-refractivity contribution in [3.05, 3.63) is 94.0 Å². The third-order valence-corrected chi connectivity index (χ3v) is 5.48.